The number of aromatic nitrogens is 2. The van der Waals surface area contributed by atoms with Crippen LogP contribution in [0.4, 0.5) is 5.82 Å². The molecule has 0 saturated carbocycles. The van der Waals surface area contributed by atoms with Gasteiger partial charge < -0.3 is 15.3 Å². The van der Waals surface area contributed by atoms with Crippen LogP contribution in [-0.4, -0.2) is 50.3 Å². The van der Waals surface area contributed by atoms with Crippen LogP contribution in [0, 0.1) is 0 Å². The maximum Gasteiger partial charge on any atom is 0.259 e. The Morgan fingerprint density at radius 1 is 1.28 bits per heavy atom. The SMILES string of the molecule is CC(=O)N1CCC[C@@](O)(C(=O)Nc2ccn(Cc3ccccc3)n2)C1. The topological polar surface area (TPSA) is 87.5 Å². The van der Waals surface area contributed by atoms with Crippen LogP contribution in [0.3, 0.4) is 0 Å². The number of carbonyl (C=O) groups excluding carboxylic acids is 2. The third-order valence-electron chi connectivity index (χ3n) is 4.41. The average molecular weight is 342 g/mol. The van der Waals surface area contributed by atoms with E-state index in [-0.39, 0.29) is 12.5 Å². The molecule has 2 N–H and O–H groups in total. The molecule has 1 aromatic heterocycles. The minimum atomic E-state index is -1.58. The van der Waals surface area contributed by atoms with Crippen LogP contribution in [0.1, 0.15) is 25.3 Å². The van der Waals surface area contributed by atoms with Crippen LogP contribution in [0.2, 0.25) is 0 Å². The van der Waals surface area contributed by atoms with Gasteiger partial charge in [0.05, 0.1) is 13.1 Å². The lowest BCUT2D eigenvalue weighted by molar-refractivity contribution is -0.146. The van der Waals surface area contributed by atoms with Gasteiger partial charge in [0.15, 0.2) is 11.4 Å². The maximum absolute atomic E-state index is 12.5. The molecule has 1 aliphatic heterocycles. The zero-order valence-corrected chi connectivity index (χ0v) is 14.2. The molecule has 2 heterocycles. The minimum absolute atomic E-state index is 0.0128. The lowest BCUT2D eigenvalue weighted by Gasteiger charge is -2.37. The summed E-state index contributed by atoms with van der Waals surface area (Å²) >= 11 is 0. The summed E-state index contributed by atoms with van der Waals surface area (Å²) in [6.07, 6.45) is 2.69. The van der Waals surface area contributed by atoms with E-state index in [1.807, 2.05) is 30.3 Å². The molecule has 7 heteroatoms. The summed E-state index contributed by atoms with van der Waals surface area (Å²) in [5.41, 5.74) is -0.473. The predicted molar refractivity (Wildman–Crippen MR) is 92.8 cm³/mol. The van der Waals surface area contributed by atoms with Crippen molar-refractivity contribution in [3.63, 3.8) is 0 Å². The molecule has 0 aliphatic carbocycles. The van der Waals surface area contributed by atoms with Gasteiger partial charge in [0, 0.05) is 25.7 Å². The number of rotatable bonds is 4. The summed E-state index contributed by atoms with van der Waals surface area (Å²) in [5, 5.41) is 17.6. The van der Waals surface area contributed by atoms with E-state index in [0.717, 1.165) is 5.56 Å². The van der Waals surface area contributed by atoms with Crippen molar-refractivity contribution in [2.45, 2.75) is 31.9 Å². The number of hydrogen-bond donors (Lipinski definition) is 2. The van der Waals surface area contributed by atoms with Crippen LogP contribution >= 0.6 is 0 Å². The van der Waals surface area contributed by atoms with Crippen LogP contribution in [-0.2, 0) is 16.1 Å². The highest BCUT2D eigenvalue weighted by Gasteiger charge is 2.41. The Labute approximate surface area is 146 Å². The molecule has 2 aromatic rings. The van der Waals surface area contributed by atoms with Crippen LogP contribution in [0.25, 0.3) is 0 Å². The molecule has 1 aromatic carbocycles. The third-order valence-corrected chi connectivity index (χ3v) is 4.41. The molecule has 7 nitrogen and oxygen atoms in total. The van der Waals surface area contributed by atoms with Crippen LogP contribution in [0.15, 0.2) is 42.6 Å². The second-order valence-electron chi connectivity index (χ2n) is 6.41. The van der Waals surface area contributed by atoms with Crippen LogP contribution < -0.4 is 5.32 Å². The first-order valence-corrected chi connectivity index (χ1v) is 8.33. The van der Waals surface area contributed by atoms with Gasteiger partial charge in [0.25, 0.3) is 5.91 Å². The highest BCUT2D eigenvalue weighted by molar-refractivity contribution is 5.97. The molecule has 0 spiro atoms. The summed E-state index contributed by atoms with van der Waals surface area (Å²) in [4.78, 5) is 25.5. The van der Waals surface area contributed by atoms with E-state index < -0.39 is 11.5 Å². The quantitative estimate of drug-likeness (QED) is 0.875. The first kappa shape index (κ1) is 17.2. The van der Waals surface area contributed by atoms with Crippen molar-refractivity contribution in [3.05, 3.63) is 48.2 Å². The molecule has 132 valence electrons. The monoisotopic (exact) mass is 342 g/mol. The first-order valence-electron chi connectivity index (χ1n) is 8.33. The normalized spacial score (nSPS) is 20.3. The minimum Gasteiger partial charge on any atom is -0.378 e. The number of anilines is 1. The predicted octanol–water partition coefficient (Wildman–Crippen LogP) is 1.24. The van der Waals surface area contributed by atoms with Gasteiger partial charge in [-0.05, 0) is 18.4 Å². The highest BCUT2D eigenvalue weighted by atomic mass is 16.3. The summed E-state index contributed by atoms with van der Waals surface area (Å²) in [6, 6.07) is 11.6. The second-order valence-corrected chi connectivity index (χ2v) is 6.41. The van der Waals surface area contributed by atoms with Crippen molar-refractivity contribution in [2.75, 3.05) is 18.4 Å². The number of nitrogens with one attached hydrogen (secondary N) is 1. The van der Waals surface area contributed by atoms with Gasteiger partial charge in [-0.3, -0.25) is 14.3 Å². The smallest absolute Gasteiger partial charge is 0.259 e. The second kappa shape index (κ2) is 7.06. The van der Waals surface area contributed by atoms with Crippen molar-refractivity contribution in [2.24, 2.45) is 0 Å². The number of piperidine rings is 1. The number of hydrogen-bond acceptors (Lipinski definition) is 4. The number of carbonyl (C=O) groups is 2. The summed E-state index contributed by atoms with van der Waals surface area (Å²) in [7, 11) is 0. The fraction of sp³-hybridized carbons (Fsp3) is 0.389. The fourth-order valence-electron chi connectivity index (χ4n) is 3.01. The van der Waals surface area contributed by atoms with E-state index in [2.05, 4.69) is 10.4 Å². The molecule has 2 amide bonds. The van der Waals surface area contributed by atoms with E-state index in [0.29, 0.717) is 31.7 Å². The Hall–Kier alpha value is -2.67. The third kappa shape index (κ3) is 4.06. The number of β-amino-alcohol motifs (C(OH)–C–C–N with tert-alkyl or cyclic N) is 1. The summed E-state index contributed by atoms with van der Waals surface area (Å²) < 4.78 is 1.72. The highest BCUT2D eigenvalue weighted by Crippen LogP contribution is 2.23. The summed E-state index contributed by atoms with van der Waals surface area (Å²) in [6.45, 7) is 2.61. The van der Waals surface area contributed by atoms with Crippen molar-refractivity contribution < 1.29 is 14.7 Å². The molecule has 0 bridgehead atoms. The van der Waals surface area contributed by atoms with Gasteiger partial charge in [0.2, 0.25) is 5.91 Å². The van der Waals surface area contributed by atoms with Gasteiger partial charge in [-0.2, -0.15) is 5.10 Å². The molecule has 1 fully saturated rings. The molecule has 3 rings (SSSR count). The van der Waals surface area contributed by atoms with Crippen molar-refractivity contribution in [1.82, 2.24) is 14.7 Å². The van der Waals surface area contributed by atoms with Gasteiger partial charge in [-0.1, -0.05) is 30.3 Å². The van der Waals surface area contributed by atoms with E-state index in [1.54, 1.807) is 16.9 Å². The largest absolute Gasteiger partial charge is 0.378 e. The van der Waals surface area contributed by atoms with Crippen LogP contribution in [0.5, 0.6) is 0 Å². The molecular weight excluding hydrogens is 320 g/mol. The van der Waals surface area contributed by atoms with E-state index in [9.17, 15) is 14.7 Å². The standard InChI is InChI=1S/C18H22N4O3/c1-14(23)21-10-5-9-18(25,13-21)17(24)19-16-8-11-22(20-16)12-15-6-3-2-4-7-15/h2-4,6-8,11,25H,5,9-10,12-13H2,1H3,(H,19,20,24)/t18-/m0/s1. The van der Waals surface area contributed by atoms with E-state index in [1.165, 1.54) is 11.8 Å². The lowest BCUT2D eigenvalue weighted by atomic mass is 9.92. The maximum atomic E-state index is 12.5. The van der Waals surface area contributed by atoms with Crippen molar-refractivity contribution >= 4 is 17.6 Å². The van der Waals surface area contributed by atoms with E-state index >= 15 is 0 Å². The zero-order valence-electron chi connectivity index (χ0n) is 14.2. The molecule has 1 atom stereocenters. The Bertz CT molecular complexity index is 759. The van der Waals surface area contributed by atoms with Gasteiger partial charge in [-0.25, -0.2) is 0 Å². The van der Waals surface area contributed by atoms with E-state index in [4.69, 9.17) is 0 Å². The zero-order chi connectivity index (χ0) is 17.9. The Morgan fingerprint density at radius 3 is 2.76 bits per heavy atom. The Morgan fingerprint density at radius 2 is 2.04 bits per heavy atom. The van der Waals surface area contributed by atoms with Crippen molar-refractivity contribution in [1.29, 1.82) is 0 Å². The first-order chi connectivity index (χ1) is 12.0. The Balaban J connectivity index is 1.64. The number of benzene rings is 1. The molecule has 0 radical (unpaired) electrons. The van der Waals surface area contributed by atoms with Crippen molar-refractivity contribution in [3.8, 4) is 0 Å². The fourth-order valence-corrected chi connectivity index (χ4v) is 3.01. The molecule has 1 saturated heterocycles. The lowest BCUT2D eigenvalue weighted by Crippen LogP contribution is -2.56. The number of nitrogens with zero attached hydrogens (tertiary/aromatic N) is 3. The molecule has 1 aliphatic rings. The number of likely N-dealkylation sites (tertiary alicyclic amines) is 1. The van der Waals surface area contributed by atoms with Gasteiger partial charge in [0.1, 0.15) is 0 Å². The Kier molecular flexibility index (Phi) is 4.85. The molecule has 25 heavy (non-hydrogen) atoms. The number of amides is 2. The molecular formula is C18H22N4O3. The van der Waals surface area contributed by atoms with Gasteiger partial charge >= 0.3 is 0 Å². The van der Waals surface area contributed by atoms with Gasteiger partial charge in [-0.15, -0.1) is 0 Å². The summed E-state index contributed by atoms with van der Waals surface area (Å²) in [5.74, 6) is -0.282. The number of aliphatic hydroxyl groups is 1. The average Bonchev–Trinajstić information content (AvgIpc) is 3.02. The molecule has 0 unspecified atom stereocenters.